The molecule has 4 aromatic rings. The molecule has 1 aliphatic rings. The number of nitrogens with zero attached hydrogens (tertiary/aromatic N) is 6. The van der Waals surface area contributed by atoms with E-state index in [1.54, 1.807) is 24.3 Å². The molecule has 40 heavy (non-hydrogen) atoms. The van der Waals surface area contributed by atoms with E-state index in [0.717, 1.165) is 17.3 Å². The van der Waals surface area contributed by atoms with Gasteiger partial charge in [0.15, 0.2) is 11.5 Å². The molecule has 11 nitrogen and oxygen atoms in total. The van der Waals surface area contributed by atoms with Crippen molar-refractivity contribution in [2.24, 2.45) is 5.73 Å². The monoisotopic (exact) mass is 564 g/mol. The van der Waals surface area contributed by atoms with Crippen LogP contribution in [0.5, 0.6) is 0 Å². The van der Waals surface area contributed by atoms with E-state index in [9.17, 15) is 23.2 Å². The SMILES string of the molecule is NC(=O)c1nn(CC(=O)N2C[C@H](F)C[C@H]2C(=O)Nc2cccc(Cl)n2)c2ccc(C#Cc3ncc(F)cn3)cc12. The van der Waals surface area contributed by atoms with E-state index in [0.29, 0.717) is 16.5 Å². The van der Waals surface area contributed by atoms with E-state index in [1.807, 2.05) is 0 Å². The number of primary amides is 1. The summed E-state index contributed by atoms with van der Waals surface area (Å²) in [5, 5.41) is 7.25. The Hall–Kier alpha value is -4.96. The van der Waals surface area contributed by atoms with Crippen molar-refractivity contribution in [2.75, 3.05) is 11.9 Å². The summed E-state index contributed by atoms with van der Waals surface area (Å²) in [6, 6.07) is 8.32. The number of hydrogen-bond acceptors (Lipinski definition) is 7. The smallest absolute Gasteiger partial charge is 0.269 e. The molecule has 3 N–H and O–H groups in total. The van der Waals surface area contributed by atoms with E-state index < -0.39 is 35.8 Å². The van der Waals surface area contributed by atoms with Gasteiger partial charge in [-0.1, -0.05) is 23.6 Å². The molecule has 1 fully saturated rings. The van der Waals surface area contributed by atoms with Crippen molar-refractivity contribution in [3.63, 3.8) is 0 Å². The van der Waals surface area contributed by atoms with Crippen LogP contribution in [0.2, 0.25) is 5.15 Å². The van der Waals surface area contributed by atoms with Gasteiger partial charge in [0.1, 0.15) is 29.7 Å². The topological polar surface area (TPSA) is 149 Å². The largest absolute Gasteiger partial charge is 0.364 e. The normalized spacial score (nSPS) is 16.4. The van der Waals surface area contributed by atoms with Crippen molar-refractivity contribution in [3.05, 3.63) is 76.8 Å². The number of likely N-dealkylation sites (tertiary alicyclic amines) is 1. The fourth-order valence-electron chi connectivity index (χ4n) is 4.28. The van der Waals surface area contributed by atoms with Gasteiger partial charge in [0, 0.05) is 17.4 Å². The van der Waals surface area contributed by atoms with Crippen LogP contribution in [0.1, 0.15) is 28.3 Å². The molecule has 0 saturated carbocycles. The van der Waals surface area contributed by atoms with Crippen molar-refractivity contribution < 1.29 is 23.2 Å². The Morgan fingerprint density at radius 1 is 1.15 bits per heavy atom. The molecule has 0 aliphatic carbocycles. The minimum atomic E-state index is -1.41. The first-order valence-electron chi connectivity index (χ1n) is 11.8. The van der Waals surface area contributed by atoms with Crippen LogP contribution in [0.25, 0.3) is 10.9 Å². The van der Waals surface area contributed by atoms with Crippen molar-refractivity contribution >= 4 is 46.0 Å². The van der Waals surface area contributed by atoms with Gasteiger partial charge in [-0.25, -0.2) is 23.7 Å². The third-order valence-electron chi connectivity index (χ3n) is 6.05. The fraction of sp³-hybridized carbons (Fsp3) is 0.192. The summed E-state index contributed by atoms with van der Waals surface area (Å²) >= 11 is 5.86. The summed E-state index contributed by atoms with van der Waals surface area (Å²) in [7, 11) is 0. The highest BCUT2D eigenvalue weighted by atomic mass is 35.5. The maximum atomic E-state index is 14.4. The van der Waals surface area contributed by atoms with Crippen molar-refractivity contribution in [1.82, 2.24) is 29.6 Å². The number of pyridine rings is 1. The lowest BCUT2D eigenvalue weighted by atomic mass is 10.1. The second-order valence-electron chi connectivity index (χ2n) is 8.81. The Morgan fingerprint density at radius 2 is 1.93 bits per heavy atom. The van der Waals surface area contributed by atoms with E-state index in [2.05, 4.69) is 37.2 Å². The number of rotatable bonds is 5. The number of nitrogens with one attached hydrogen (secondary N) is 1. The van der Waals surface area contributed by atoms with Crippen molar-refractivity contribution in [1.29, 1.82) is 0 Å². The van der Waals surface area contributed by atoms with Crippen LogP contribution in [0.15, 0.2) is 48.8 Å². The molecular weight excluding hydrogens is 546 g/mol. The lowest BCUT2D eigenvalue weighted by Crippen LogP contribution is -2.44. The van der Waals surface area contributed by atoms with Crippen LogP contribution in [0, 0.1) is 17.7 Å². The summed E-state index contributed by atoms with van der Waals surface area (Å²) in [5.74, 6) is 3.15. The number of carbonyl (C=O) groups excluding carboxylic acids is 3. The van der Waals surface area contributed by atoms with E-state index in [1.165, 1.54) is 16.8 Å². The number of halogens is 3. The van der Waals surface area contributed by atoms with Crippen LogP contribution in [-0.4, -0.2) is 66.1 Å². The summed E-state index contributed by atoms with van der Waals surface area (Å²) in [5.41, 5.74) is 6.27. The van der Waals surface area contributed by atoms with E-state index in [-0.39, 0.29) is 42.0 Å². The molecule has 0 spiro atoms. The Morgan fingerprint density at radius 3 is 2.65 bits per heavy atom. The predicted octanol–water partition coefficient (Wildman–Crippen LogP) is 2.09. The maximum absolute atomic E-state index is 14.4. The number of nitrogens with two attached hydrogens (primary N) is 1. The number of anilines is 1. The zero-order valence-corrected chi connectivity index (χ0v) is 21.3. The summed E-state index contributed by atoms with van der Waals surface area (Å²) in [4.78, 5) is 50.9. The van der Waals surface area contributed by atoms with Gasteiger partial charge in [0.25, 0.3) is 5.91 Å². The van der Waals surface area contributed by atoms with Gasteiger partial charge in [-0.05, 0) is 36.3 Å². The first-order chi connectivity index (χ1) is 19.2. The fourth-order valence-corrected chi connectivity index (χ4v) is 4.44. The van der Waals surface area contributed by atoms with Gasteiger partial charge in [-0.2, -0.15) is 5.10 Å². The van der Waals surface area contributed by atoms with Gasteiger partial charge in [-0.3, -0.25) is 19.1 Å². The molecule has 1 aliphatic heterocycles. The number of benzene rings is 1. The zero-order valence-electron chi connectivity index (χ0n) is 20.5. The minimum absolute atomic E-state index is 0.0967. The summed E-state index contributed by atoms with van der Waals surface area (Å²) < 4.78 is 28.7. The number of fused-ring (bicyclic) bond motifs is 1. The van der Waals surface area contributed by atoms with Gasteiger partial charge >= 0.3 is 0 Å². The zero-order chi connectivity index (χ0) is 28.4. The Kier molecular flexibility index (Phi) is 7.35. The first kappa shape index (κ1) is 26.6. The van der Waals surface area contributed by atoms with Gasteiger partial charge in [0.05, 0.1) is 24.5 Å². The van der Waals surface area contributed by atoms with Gasteiger partial charge in [-0.15, -0.1) is 0 Å². The summed E-state index contributed by atoms with van der Waals surface area (Å²) in [6.07, 6.45) is 0.374. The van der Waals surface area contributed by atoms with Crippen LogP contribution >= 0.6 is 11.6 Å². The highest BCUT2D eigenvalue weighted by Crippen LogP contribution is 2.25. The van der Waals surface area contributed by atoms with Crippen molar-refractivity contribution in [2.45, 2.75) is 25.2 Å². The molecule has 1 saturated heterocycles. The van der Waals surface area contributed by atoms with Crippen LogP contribution in [-0.2, 0) is 16.1 Å². The van der Waals surface area contributed by atoms with Gasteiger partial charge < -0.3 is 16.0 Å². The molecule has 4 heterocycles. The Labute approximate surface area is 230 Å². The maximum Gasteiger partial charge on any atom is 0.269 e. The lowest BCUT2D eigenvalue weighted by Gasteiger charge is -2.23. The summed E-state index contributed by atoms with van der Waals surface area (Å²) in [6.45, 7) is -0.670. The van der Waals surface area contributed by atoms with Crippen molar-refractivity contribution in [3.8, 4) is 11.8 Å². The van der Waals surface area contributed by atoms with Crippen LogP contribution in [0.4, 0.5) is 14.6 Å². The van der Waals surface area contributed by atoms with Crippen LogP contribution < -0.4 is 11.1 Å². The highest BCUT2D eigenvalue weighted by molar-refractivity contribution is 6.29. The molecule has 3 amide bonds. The molecule has 5 rings (SSSR count). The third-order valence-corrected chi connectivity index (χ3v) is 6.26. The second-order valence-corrected chi connectivity index (χ2v) is 9.19. The molecule has 14 heteroatoms. The molecule has 2 atom stereocenters. The highest BCUT2D eigenvalue weighted by Gasteiger charge is 2.40. The van der Waals surface area contributed by atoms with E-state index >= 15 is 0 Å². The first-order valence-corrected chi connectivity index (χ1v) is 12.2. The van der Waals surface area contributed by atoms with Crippen LogP contribution in [0.3, 0.4) is 0 Å². The minimum Gasteiger partial charge on any atom is -0.364 e. The molecule has 3 aromatic heterocycles. The standard InChI is InChI=1S/C26H19ClF2N8O3/c27-20-2-1-3-22(33-20)34-26(40)19-9-15(28)12-36(19)23(38)13-37-18-6-4-14(8-17(18)24(35-37)25(30)39)5-7-21-31-10-16(29)11-32-21/h1-4,6,8,10-11,15,19H,9,12-13H2,(H2,30,39)(H,33,34,40)/t15-,19+/m1/s1. The quantitative estimate of drug-likeness (QED) is 0.278. The average Bonchev–Trinajstić information content (AvgIpc) is 3.49. The predicted molar refractivity (Wildman–Crippen MR) is 139 cm³/mol. The number of hydrogen-bond donors (Lipinski definition) is 2. The third kappa shape index (κ3) is 5.71. The molecular formula is C26H19ClF2N8O3. The number of alkyl halides is 1. The van der Waals surface area contributed by atoms with Gasteiger partial charge in [0.2, 0.25) is 17.6 Å². The molecule has 0 bridgehead atoms. The number of amides is 3. The number of carbonyl (C=O) groups is 3. The average molecular weight is 565 g/mol. The second kappa shape index (κ2) is 11.0. The number of aromatic nitrogens is 5. The molecule has 202 valence electrons. The molecule has 1 aromatic carbocycles. The molecule has 0 unspecified atom stereocenters. The lowest BCUT2D eigenvalue weighted by molar-refractivity contribution is -0.137. The Balaban J connectivity index is 1.38. The van der Waals surface area contributed by atoms with E-state index in [4.69, 9.17) is 17.3 Å². The Bertz CT molecular complexity index is 1700. The molecule has 0 radical (unpaired) electrons.